The average Bonchev–Trinajstić information content (AvgIpc) is 2.81. The maximum Gasteiger partial charge on any atom is 0.158 e. The summed E-state index contributed by atoms with van der Waals surface area (Å²) in [5, 5.41) is 22.6. The van der Waals surface area contributed by atoms with Gasteiger partial charge in [-0.05, 0) is 56.9 Å². The first-order valence-electron chi connectivity index (χ1n) is 10.7. The van der Waals surface area contributed by atoms with Crippen LogP contribution in [0.2, 0.25) is 0 Å². The first-order valence-corrected chi connectivity index (χ1v) is 10.7. The van der Waals surface area contributed by atoms with Gasteiger partial charge in [-0.2, -0.15) is 10.4 Å². The summed E-state index contributed by atoms with van der Waals surface area (Å²) in [6.07, 6.45) is 4.29. The molecule has 1 saturated heterocycles. The third kappa shape index (κ3) is 4.17. The van der Waals surface area contributed by atoms with Gasteiger partial charge in [0.1, 0.15) is 0 Å². The summed E-state index contributed by atoms with van der Waals surface area (Å²) in [6, 6.07) is 10.2. The number of aromatic nitrogens is 3. The second kappa shape index (κ2) is 8.86. The van der Waals surface area contributed by atoms with Gasteiger partial charge in [-0.15, -0.1) is 5.10 Å². The number of aryl methyl sites for hydroxylation is 1. The summed E-state index contributed by atoms with van der Waals surface area (Å²) in [6.45, 7) is 7.88. The molecule has 1 aromatic carbocycles. The number of rotatable bonds is 5. The van der Waals surface area contributed by atoms with Crippen LogP contribution in [0.25, 0.3) is 10.9 Å². The van der Waals surface area contributed by atoms with E-state index in [2.05, 4.69) is 39.5 Å². The highest BCUT2D eigenvalue weighted by Crippen LogP contribution is 2.30. The number of nitriles is 1. The van der Waals surface area contributed by atoms with Crippen molar-refractivity contribution in [1.82, 2.24) is 15.2 Å². The van der Waals surface area contributed by atoms with Crippen molar-refractivity contribution >= 4 is 22.4 Å². The molecule has 2 aromatic heterocycles. The topological polar surface area (TPSA) is 87.0 Å². The molecule has 0 radical (unpaired) electrons. The number of nitrogens with one attached hydrogen (secondary N) is 1. The standard InChI is InChI=1S/C24H28N6O/c1-15-18(13-25)6-5-7-21(15)16(2)27-24-22-12-19(14-26-23(22)17(3)28-29-24)30-10-8-20(31-4)9-11-30/h5-7,12,14,16,20H,8-11H2,1-4H3,(H,27,29)/t16-/m1/s1. The maximum atomic E-state index is 9.36. The first kappa shape index (κ1) is 21.0. The fraction of sp³-hybridized carbons (Fsp3) is 0.417. The Hall–Kier alpha value is -3.24. The summed E-state index contributed by atoms with van der Waals surface area (Å²) in [7, 11) is 1.78. The Bertz CT molecular complexity index is 1130. The summed E-state index contributed by atoms with van der Waals surface area (Å²) in [5.41, 5.74) is 5.49. The number of hydrogen-bond donors (Lipinski definition) is 1. The Morgan fingerprint density at radius 3 is 2.71 bits per heavy atom. The molecule has 0 saturated carbocycles. The van der Waals surface area contributed by atoms with Crippen LogP contribution in [0.15, 0.2) is 30.5 Å². The lowest BCUT2D eigenvalue weighted by molar-refractivity contribution is 0.0819. The van der Waals surface area contributed by atoms with Gasteiger partial charge in [0.2, 0.25) is 0 Å². The minimum Gasteiger partial charge on any atom is -0.381 e. The summed E-state index contributed by atoms with van der Waals surface area (Å²) < 4.78 is 5.50. The first-order chi connectivity index (χ1) is 15.0. The lowest BCUT2D eigenvalue weighted by atomic mass is 9.98. The Kier molecular flexibility index (Phi) is 6.01. The van der Waals surface area contributed by atoms with Gasteiger partial charge in [0.15, 0.2) is 5.82 Å². The molecule has 1 atom stereocenters. The second-order valence-corrected chi connectivity index (χ2v) is 8.14. The molecule has 3 heterocycles. The molecule has 31 heavy (non-hydrogen) atoms. The van der Waals surface area contributed by atoms with Crippen LogP contribution in [0.4, 0.5) is 11.5 Å². The molecule has 1 fully saturated rings. The Morgan fingerprint density at radius 2 is 2.00 bits per heavy atom. The molecule has 0 amide bonds. The number of nitrogens with zero attached hydrogens (tertiary/aromatic N) is 5. The number of hydrogen-bond acceptors (Lipinski definition) is 7. The summed E-state index contributed by atoms with van der Waals surface area (Å²) >= 11 is 0. The molecule has 1 aliphatic rings. The van der Waals surface area contributed by atoms with E-state index < -0.39 is 0 Å². The Labute approximate surface area is 183 Å². The summed E-state index contributed by atoms with van der Waals surface area (Å²) in [5.74, 6) is 0.705. The minimum absolute atomic E-state index is 0.0328. The smallest absolute Gasteiger partial charge is 0.158 e. The van der Waals surface area contributed by atoms with E-state index in [1.54, 1.807) is 7.11 Å². The minimum atomic E-state index is -0.0328. The van der Waals surface area contributed by atoms with Crippen molar-refractivity contribution in [2.24, 2.45) is 0 Å². The quantitative estimate of drug-likeness (QED) is 0.663. The number of methoxy groups -OCH3 is 1. The number of pyridine rings is 1. The normalized spacial score (nSPS) is 15.6. The van der Waals surface area contributed by atoms with Crippen molar-refractivity contribution in [3.63, 3.8) is 0 Å². The van der Waals surface area contributed by atoms with Gasteiger partial charge in [-0.25, -0.2) is 0 Å². The van der Waals surface area contributed by atoms with E-state index in [-0.39, 0.29) is 6.04 Å². The van der Waals surface area contributed by atoms with Crippen LogP contribution in [-0.2, 0) is 4.74 Å². The van der Waals surface area contributed by atoms with Gasteiger partial charge in [-0.3, -0.25) is 4.98 Å². The van der Waals surface area contributed by atoms with Crippen LogP contribution in [0.1, 0.15) is 48.2 Å². The van der Waals surface area contributed by atoms with Crippen LogP contribution >= 0.6 is 0 Å². The van der Waals surface area contributed by atoms with Crippen LogP contribution < -0.4 is 10.2 Å². The van der Waals surface area contributed by atoms with Crippen LogP contribution in [0, 0.1) is 25.2 Å². The van der Waals surface area contributed by atoms with Gasteiger partial charge in [-0.1, -0.05) is 12.1 Å². The fourth-order valence-corrected chi connectivity index (χ4v) is 4.30. The van der Waals surface area contributed by atoms with E-state index in [0.29, 0.717) is 17.5 Å². The van der Waals surface area contributed by atoms with Crippen LogP contribution in [-0.4, -0.2) is 41.5 Å². The lowest BCUT2D eigenvalue weighted by Crippen LogP contribution is -2.36. The van der Waals surface area contributed by atoms with Crippen LogP contribution in [0.3, 0.4) is 0 Å². The van der Waals surface area contributed by atoms with Crippen molar-refractivity contribution in [3.05, 3.63) is 52.8 Å². The molecular formula is C24H28N6O. The highest BCUT2D eigenvalue weighted by atomic mass is 16.5. The molecule has 0 aliphatic carbocycles. The van der Waals surface area contributed by atoms with Gasteiger partial charge >= 0.3 is 0 Å². The molecule has 0 bridgehead atoms. The van der Waals surface area contributed by atoms with Gasteiger partial charge in [0, 0.05) is 25.6 Å². The number of fused-ring (bicyclic) bond motifs is 1. The zero-order chi connectivity index (χ0) is 22.0. The number of benzene rings is 1. The molecule has 1 aliphatic heterocycles. The van der Waals surface area contributed by atoms with Crippen molar-refractivity contribution < 1.29 is 4.74 Å². The molecule has 3 aromatic rings. The van der Waals surface area contributed by atoms with Crippen molar-refractivity contribution in [1.29, 1.82) is 5.26 Å². The number of ether oxygens (including phenoxy) is 1. The van der Waals surface area contributed by atoms with Crippen molar-refractivity contribution in [3.8, 4) is 6.07 Å². The van der Waals surface area contributed by atoms with Gasteiger partial charge < -0.3 is 15.0 Å². The molecule has 1 N–H and O–H groups in total. The molecule has 0 spiro atoms. The van der Waals surface area contributed by atoms with E-state index in [9.17, 15) is 5.26 Å². The molecule has 7 nitrogen and oxygen atoms in total. The van der Waals surface area contributed by atoms with Crippen molar-refractivity contribution in [2.45, 2.75) is 45.8 Å². The third-order valence-electron chi connectivity index (χ3n) is 6.23. The van der Waals surface area contributed by atoms with E-state index >= 15 is 0 Å². The Balaban J connectivity index is 1.66. The Morgan fingerprint density at radius 1 is 1.23 bits per heavy atom. The predicted molar refractivity (Wildman–Crippen MR) is 122 cm³/mol. The molecule has 4 rings (SSSR count). The highest BCUT2D eigenvalue weighted by molar-refractivity contribution is 5.92. The second-order valence-electron chi connectivity index (χ2n) is 8.14. The number of anilines is 2. The lowest BCUT2D eigenvalue weighted by Gasteiger charge is -2.32. The molecule has 7 heteroatoms. The van der Waals surface area contributed by atoms with E-state index in [1.807, 2.05) is 38.2 Å². The monoisotopic (exact) mass is 416 g/mol. The largest absolute Gasteiger partial charge is 0.381 e. The van der Waals surface area contributed by atoms with E-state index in [4.69, 9.17) is 9.72 Å². The highest BCUT2D eigenvalue weighted by Gasteiger charge is 2.21. The predicted octanol–water partition coefficient (Wildman–Crippen LogP) is 4.30. The summed E-state index contributed by atoms with van der Waals surface area (Å²) in [4.78, 5) is 7.07. The van der Waals surface area contributed by atoms with E-state index in [0.717, 1.165) is 59.3 Å². The fourth-order valence-electron chi connectivity index (χ4n) is 4.30. The zero-order valence-corrected chi connectivity index (χ0v) is 18.5. The SMILES string of the molecule is COC1CCN(c2cnc3c(C)nnc(N[C@H](C)c4cccc(C#N)c4C)c3c2)CC1. The van der Waals surface area contributed by atoms with E-state index in [1.165, 1.54) is 0 Å². The van der Waals surface area contributed by atoms with Gasteiger partial charge in [0.05, 0.1) is 46.9 Å². The third-order valence-corrected chi connectivity index (χ3v) is 6.23. The molecular weight excluding hydrogens is 388 g/mol. The average molecular weight is 417 g/mol. The van der Waals surface area contributed by atoms with Crippen LogP contribution in [0.5, 0.6) is 0 Å². The maximum absolute atomic E-state index is 9.36. The molecule has 0 unspecified atom stereocenters. The molecule has 160 valence electrons. The number of piperidine rings is 1. The van der Waals surface area contributed by atoms with Gasteiger partial charge in [0.25, 0.3) is 0 Å². The zero-order valence-electron chi connectivity index (χ0n) is 18.5. The van der Waals surface area contributed by atoms with Crippen molar-refractivity contribution in [2.75, 3.05) is 30.4 Å².